The highest BCUT2D eigenvalue weighted by Gasteiger charge is 2.39. The zero-order valence-corrected chi connectivity index (χ0v) is 5.73. The van der Waals surface area contributed by atoms with Gasteiger partial charge in [-0.05, 0) is 12.2 Å². The first-order valence-electron chi connectivity index (χ1n) is 2.70. The lowest BCUT2D eigenvalue weighted by Crippen LogP contribution is -2.05. The van der Waals surface area contributed by atoms with Crippen molar-refractivity contribution in [2.75, 3.05) is 11.5 Å². The summed E-state index contributed by atoms with van der Waals surface area (Å²) in [6.45, 7) is 0. The summed E-state index contributed by atoms with van der Waals surface area (Å²) < 4.78 is 0. The minimum atomic E-state index is 1.08. The maximum atomic E-state index is 2.18. The van der Waals surface area contributed by atoms with Gasteiger partial charge >= 0.3 is 0 Å². The van der Waals surface area contributed by atoms with Crippen LogP contribution in [0.15, 0.2) is 0 Å². The molecule has 0 N–H and O–H groups in total. The molecular formula is C5H8S2. The molecule has 40 valence electrons. The minimum Gasteiger partial charge on any atom is -0.161 e. The summed E-state index contributed by atoms with van der Waals surface area (Å²) in [6, 6.07) is 0. The molecule has 2 saturated heterocycles. The molecule has 2 heterocycles. The fourth-order valence-electron chi connectivity index (χ4n) is 0.979. The molecule has 0 nitrogen and oxygen atoms in total. The van der Waals surface area contributed by atoms with E-state index < -0.39 is 0 Å². The van der Waals surface area contributed by atoms with E-state index in [1.807, 2.05) is 0 Å². The molecule has 2 atom stereocenters. The molecule has 0 bridgehead atoms. The first-order chi connectivity index (χ1) is 3.47. The van der Waals surface area contributed by atoms with Crippen LogP contribution in [0.3, 0.4) is 0 Å². The Balaban J connectivity index is 1.95. The third-order valence-corrected chi connectivity index (χ3v) is 4.29. The van der Waals surface area contributed by atoms with Crippen molar-refractivity contribution in [1.82, 2.24) is 0 Å². The number of hydrogen-bond acceptors (Lipinski definition) is 2. The van der Waals surface area contributed by atoms with E-state index in [0.717, 1.165) is 10.5 Å². The molecule has 0 saturated carbocycles. The van der Waals surface area contributed by atoms with Crippen LogP contribution in [0.5, 0.6) is 0 Å². The van der Waals surface area contributed by atoms with Crippen molar-refractivity contribution in [2.24, 2.45) is 0 Å². The standard InChI is InChI=1S/C5H8S2/c1-2-6-3-5-4(1)7-5/h4-5H,1-3H2. The smallest absolute Gasteiger partial charge is 0.0260 e. The largest absolute Gasteiger partial charge is 0.161 e. The Morgan fingerprint density at radius 3 is 2.86 bits per heavy atom. The van der Waals surface area contributed by atoms with E-state index in [4.69, 9.17) is 0 Å². The average Bonchev–Trinajstić information content (AvgIpc) is 2.41. The predicted molar refractivity (Wildman–Crippen MR) is 37.1 cm³/mol. The van der Waals surface area contributed by atoms with Crippen LogP contribution >= 0.6 is 23.5 Å². The Hall–Kier alpha value is 0.700. The lowest BCUT2D eigenvalue weighted by atomic mass is 10.3. The normalized spacial score (nSPS) is 48.0. The third-order valence-electron chi connectivity index (χ3n) is 1.52. The van der Waals surface area contributed by atoms with Crippen molar-refractivity contribution in [1.29, 1.82) is 0 Å². The molecule has 0 aromatic rings. The molecule has 2 rings (SSSR count). The number of fused-ring (bicyclic) bond motifs is 1. The van der Waals surface area contributed by atoms with E-state index in [0.29, 0.717) is 0 Å². The summed E-state index contributed by atoms with van der Waals surface area (Å²) in [7, 11) is 0. The van der Waals surface area contributed by atoms with Crippen LogP contribution in [0, 0.1) is 0 Å². The molecule has 2 aliphatic heterocycles. The fraction of sp³-hybridized carbons (Fsp3) is 1.00. The van der Waals surface area contributed by atoms with Gasteiger partial charge in [0.2, 0.25) is 0 Å². The molecule has 0 radical (unpaired) electrons. The van der Waals surface area contributed by atoms with E-state index in [1.54, 1.807) is 0 Å². The Morgan fingerprint density at radius 1 is 1.29 bits per heavy atom. The molecular weight excluding hydrogens is 124 g/mol. The maximum absolute atomic E-state index is 2.18. The van der Waals surface area contributed by atoms with Crippen LogP contribution in [0.25, 0.3) is 0 Å². The van der Waals surface area contributed by atoms with Crippen molar-refractivity contribution >= 4 is 23.5 Å². The van der Waals surface area contributed by atoms with E-state index in [9.17, 15) is 0 Å². The van der Waals surface area contributed by atoms with Crippen molar-refractivity contribution in [3.05, 3.63) is 0 Å². The molecule has 0 aromatic carbocycles. The summed E-state index contributed by atoms with van der Waals surface area (Å²) in [5.41, 5.74) is 0. The van der Waals surface area contributed by atoms with Gasteiger partial charge in [-0.15, -0.1) is 0 Å². The van der Waals surface area contributed by atoms with Gasteiger partial charge in [-0.1, -0.05) is 0 Å². The molecule has 2 unspecified atom stereocenters. The van der Waals surface area contributed by atoms with Crippen molar-refractivity contribution < 1.29 is 0 Å². The fourth-order valence-corrected chi connectivity index (χ4v) is 3.75. The molecule has 2 aliphatic rings. The van der Waals surface area contributed by atoms with Crippen LogP contribution < -0.4 is 0 Å². The summed E-state index contributed by atoms with van der Waals surface area (Å²) in [6.07, 6.45) is 1.49. The number of hydrogen-bond donors (Lipinski definition) is 0. The lowest BCUT2D eigenvalue weighted by molar-refractivity contribution is 0.885. The van der Waals surface area contributed by atoms with Gasteiger partial charge in [-0.25, -0.2) is 0 Å². The lowest BCUT2D eigenvalue weighted by Gasteiger charge is -2.03. The Morgan fingerprint density at radius 2 is 2.29 bits per heavy atom. The summed E-state index contributed by atoms with van der Waals surface area (Å²) >= 11 is 4.30. The zero-order valence-electron chi connectivity index (χ0n) is 4.09. The highest BCUT2D eigenvalue weighted by molar-refractivity contribution is 8.10. The van der Waals surface area contributed by atoms with Crippen LogP contribution in [0.2, 0.25) is 0 Å². The van der Waals surface area contributed by atoms with Crippen LogP contribution in [-0.4, -0.2) is 22.0 Å². The third kappa shape index (κ3) is 0.789. The van der Waals surface area contributed by atoms with Gasteiger partial charge in [0.25, 0.3) is 0 Å². The summed E-state index contributed by atoms with van der Waals surface area (Å²) in [5, 5.41) is 2.18. The zero-order chi connectivity index (χ0) is 4.69. The van der Waals surface area contributed by atoms with Gasteiger partial charge in [-0.3, -0.25) is 0 Å². The molecule has 2 fully saturated rings. The average molecular weight is 132 g/mol. The second-order valence-corrected chi connectivity index (χ2v) is 4.71. The van der Waals surface area contributed by atoms with Crippen molar-refractivity contribution in [2.45, 2.75) is 16.9 Å². The Kier molecular flexibility index (Phi) is 1.04. The second-order valence-electron chi connectivity index (χ2n) is 2.08. The Labute approximate surface area is 52.4 Å². The monoisotopic (exact) mass is 132 g/mol. The van der Waals surface area contributed by atoms with E-state index in [1.165, 1.54) is 17.9 Å². The van der Waals surface area contributed by atoms with E-state index >= 15 is 0 Å². The molecule has 0 spiro atoms. The first-order valence-corrected chi connectivity index (χ1v) is 4.80. The number of thioether (sulfide) groups is 2. The number of rotatable bonds is 0. The SMILES string of the molecule is C1CC2SC2CS1. The second kappa shape index (κ2) is 1.59. The van der Waals surface area contributed by atoms with E-state index in [-0.39, 0.29) is 0 Å². The van der Waals surface area contributed by atoms with Gasteiger partial charge in [0, 0.05) is 16.3 Å². The van der Waals surface area contributed by atoms with Gasteiger partial charge in [0.1, 0.15) is 0 Å². The van der Waals surface area contributed by atoms with E-state index in [2.05, 4.69) is 23.5 Å². The summed E-state index contributed by atoms with van der Waals surface area (Å²) in [5.74, 6) is 2.86. The molecule has 2 heteroatoms. The predicted octanol–water partition coefficient (Wildman–Crippen LogP) is 1.61. The van der Waals surface area contributed by atoms with Crippen molar-refractivity contribution in [3.63, 3.8) is 0 Å². The van der Waals surface area contributed by atoms with Crippen LogP contribution in [-0.2, 0) is 0 Å². The Bertz CT molecular complexity index is 72.1. The topological polar surface area (TPSA) is 0 Å². The van der Waals surface area contributed by atoms with Crippen molar-refractivity contribution in [3.8, 4) is 0 Å². The minimum absolute atomic E-state index is 1.08. The first kappa shape index (κ1) is 4.57. The molecule has 0 amide bonds. The van der Waals surface area contributed by atoms with Gasteiger partial charge in [0.15, 0.2) is 0 Å². The molecule has 7 heavy (non-hydrogen) atoms. The quantitative estimate of drug-likeness (QED) is 0.459. The van der Waals surface area contributed by atoms with Gasteiger partial charge < -0.3 is 0 Å². The molecule has 0 aliphatic carbocycles. The van der Waals surface area contributed by atoms with Gasteiger partial charge in [0.05, 0.1) is 0 Å². The molecule has 0 aromatic heterocycles. The maximum Gasteiger partial charge on any atom is 0.0260 e. The van der Waals surface area contributed by atoms with Crippen LogP contribution in [0.4, 0.5) is 0 Å². The van der Waals surface area contributed by atoms with Crippen LogP contribution in [0.1, 0.15) is 6.42 Å². The highest BCUT2D eigenvalue weighted by atomic mass is 32.2. The highest BCUT2D eigenvalue weighted by Crippen LogP contribution is 2.48. The van der Waals surface area contributed by atoms with Gasteiger partial charge in [-0.2, -0.15) is 23.5 Å². The summed E-state index contributed by atoms with van der Waals surface area (Å²) in [4.78, 5) is 0.